The van der Waals surface area contributed by atoms with Crippen LogP contribution in [0.15, 0.2) is 15.9 Å². The topological polar surface area (TPSA) is 94.2 Å². The second kappa shape index (κ2) is 8.94. The van der Waals surface area contributed by atoms with Gasteiger partial charge in [0.1, 0.15) is 6.54 Å². The Morgan fingerprint density at radius 2 is 1.86 bits per heavy atom. The second-order valence-electron chi connectivity index (χ2n) is 8.52. The summed E-state index contributed by atoms with van der Waals surface area (Å²) in [5, 5.41) is 2.83. The molecule has 0 aromatic carbocycles. The Bertz CT molecular complexity index is 978. The van der Waals surface area contributed by atoms with Crippen LogP contribution >= 0.6 is 0 Å². The highest BCUT2D eigenvalue weighted by molar-refractivity contribution is 5.76. The monoisotopic (exact) mass is 404 g/mol. The molecule has 0 spiro atoms. The Morgan fingerprint density at radius 1 is 1.17 bits per heavy atom. The standard InChI is InChI=1S/C20H32N6O3/c1-14-9-15(2)11-25(10-14)8-6-5-7-21-16(27)12-26-19(28)17-18(22-13-23(17)3)24(4)20(26)29/h13-15H,5-12H2,1-4H3,(H,21,27). The minimum atomic E-state index is -0.537. The van der Waals surface area contributed by atoms with Crippen LogP contribution in [0.25, 0.3) is 11.2 Å². The van der Waals surface area contributed by atoms with E-state index in [1.807, 2.05) is 0 Å². The summed E-state index contributed by atoms with van der Waals surface area (Å²) >= 11 is 0. The number of nitrogens with zero attached hydrogens (tertiary/aromatic N) is 5. The molecule has 9 nitrogen and oxygen atoms in total. The fourth-order valence-corrected chi connectivity index (χ4v) is 4.40. The number of nitrogens with one attached hydrogen (secondary N) is 1. The minimum absolute atomic E-state index is 0.284. The van der Waals surface area contributed by atoms with E-state index in [4.69, 9.17) is 0 Å². The lowest BCUT2D eigenvalue weighted by atomic mass is 9.92. The minimum Gasteiger partial charge on any atom is -0.355 e. The molecule has 3 heterocycles. The van der Waals surface area contributed by atoms with Crippen molar-refractivity contribution in [1.82, 2.24) is 28.9 Å². The van der Waals surface area contributed by atoms with Crippen molar-refractivity contribution >= 4 is 17.1 Å². The smallest absolute Gasteiger partial charge is 0.332 e. The average molecular weight is 405 g/mol. The molecule has 3 rings (SSSR count). The van der Waals surface area contributed by atoms with Gasteiger partial charge in [-0.25, -0.2) is 14.3 Å². The van der Waals surface area contributed by atoms with Gasteiger partial charge in [0.05, 0.1) is 6.33 Å². The highest BCUT2D eigenvalue weighted by Gasteiger charge is 2.21. The number of piperidine rings is 1. The molecule has 160 valence electrons. The van der Waals surface area contributed by atoms with Crippen LogP contribution in [0.2, 0.25) is 0 Å². The van der Waals surface area contributed by atoms with Gasteiger partial charge in [-0.05, 0) is 37.6 Å². The van der Waals surface area contributed by atoms with Crippen LogP contribution in [0, 0.1) is 11.8 Å². The van der Waals surface area contributed by atoms with E-state index in [2.05, 4.69) is 29.0 Å². The normalized spacial score (nSPS) is 20.3. The van der Waals surface area contributed by atoms with Gasteiger partial charge >= 0.3 is 5.69 Å². The molecule has 1 fully saturated rings. The van der Waals surface area contributed by atoms with E-state index in [9.17, 15) is 14.4 Å². The van der Waals surface area contributed by atoms with Crippen LogP contribution in [-0.2, 0) is 25.4 Å². The van der Waals surface area contributed by atoms with E-state index >= 15 is 0 Å². The summed E-state index contributed by atoms with van der Waals surface area (Å²) in [6, 6.07) is 0. The fourth-order valence-electron chi connectivity index (χ4n) is 4.40. The summed E-state index contributed by atoms with van der Waals surface area (Å²) < 4.78 is 3.83. The largest absolute Gasteiger partial charge is 0.355 e. The predicted octanol–water partition coefficient (Wildman–Crippen LogP) is 0.308. The molecule has 9 heteroatoms. The summed E-state index contributed by atoms with van der Waals surface area (Å²) in [6.45, 7) is 8.21. The summed E-state index contributed by atoms with van der Waals surface area (Å²) in [5.41, 5.74) is -0.401. The van der Waals surface area contributed by atoms with Gasteiger partial charge in [-0.15, -0.1) is 0 Å². The molecule has 0 bridgehead atoms. The molecule has 1 N–H and O–H groups in total. The molecule has 2 atom stereocenters. The van der Waals surface area contributed by atoms with Crippen molar-refractivity contribution in [2.24, 2.45) is 25.9 Å². The average Bonchev–Trinajstić information content (AvgIpc) is 3.04. The van der Waals surface area contributed by atoms with Gasteiger partial charge in [0, 0.05) is 33.7 Å². The zero-order valence-electron chi connectivity index (χ0n) is 17.8. The molecule has 0 saturated carbocycles. The van der Waals surface area contributed by atoms with Crippen LogP contribution in [0.3, 0.4) is 0 Å². The van der Waals surface area contributed by atoms with E-state index in [0.717, 1.165) is 48.9 Å². The lowest BCUT2D eigenvalue weighted by Crippen LogP contribution is -2.43. The molecule has 1 aliphatic rings. The number of aromatic nitrogens is 4. The molecule has 2 unspecified atom stereocenters. The first kappa shape index (κ1) is 21.3. The SMILES string of the molecule is CC1CC(C)CN(CCCCNC(=O)Cn2c(=O)c3c(ncn3C)n(C)c2=O)C1. The maximum atomic E-state index is 12.6. The highest BCUT2D eigenvalue weighted by Crippen LogP contribution is 2.20. The predicted molar refractivity (Wildman–Crippen MR) is 112 cm³/mol. The number of amides is 1. The van der Waals surface area contributed by atoms with Gasteiger partial charge in [0.15, 0.2) is 11.2 Å². The third kappa shape index (κ3) is 4.77. The number of rotatable bonds is 7. The number of aryl methyl sites for hydroxylation is 2. The van der Waals surface area contributed by atoms with Crippen LogP contribution in [0.5, 0.6) is 0 Å². The van der Waals surface area contributed by atoms with Crippen LogP contribution < -0.4 is 16.6 Å². The lowest BCUT2D eigenvalue weighted by Gasteiger charge is -2.34. The number of hydrogen-bond acceptors (Lipinski definition) is 5. The molecule has 1 saturated heterocycles. The second-order valence-corrected chi connectivity index (χ2v) is 8.52. The van der Waals surface area contributed by atoms with Crippen molar-refractivity contribution < 1.29 is 4.79 Å². The summed E-state index contributed by atoms with van der Waals surface area (Å²) in [5.74, 6) is 1.17. The molecule has 0 aliphatic carbocycles. The third-order valence-electron chi connectivity index (χ3n) is 5.67. The van der Waals surface area contributed by atoms with Gasteiger partial charge in [-0.1, -0.05) is 13.8 Å². The number of hydrogen-bond donors (Lipinski definition) is 1. The van der Waals surface area contributed by atoms with Crippen molar-refractivity contribution in [1.29, 1.82) is 0 Å². The van der Waals surface area contributed by atoms with Gasteiger partial charge in [0.2, 0.25) is 5.91 Å². The Hall–Kier alpha value is -2.42. The Morgan fingerprint density at radius 3 is 2.55 bits per heavy atom. The van der Waals surface area contributed by atoms with Crippen molar-refractivity contribution in [2.45, 2.75) is 39.7 Å². The van der Waals surface area contributed by atoms with Crippen molar-refractivity contribution in [2.75, 3.05) is 26.2 Å². The molecule has 1 amide bonds. The zero-order chi connectivity index (χ0) is 21.1. The summed E-state index contributed by atoms with van der Waals surface area (Å²) in [6.07, 6.45) is 4.68. The van der Waals surface area contributed by atoms with E-state index in [0.29, 0.717) is 17.7 Å². The maximum Gasteiger partial charge on any atom is 0.332 e. The molecular formula is C20H32N6O3. The first-order valence-electron chi connectivity index (χ1n) is 10.4. The van der Waals surface area contributed by atoms with E-state index in [-0.39, 0.29) is 12.5 Å². The highest BCUT2D eigenvalue weighted by atomic mass is 16.2. The van der Waals surface area contributed by atoms with Crippen LogP contribution in [0.1, 0.15) is 33.1 Å². The molecule has 29 heavy (non-hydrogen) atoms. The van der Waals surface area contributed by atoms with Gasteiger partial charge in [0.25, 0.3) is 5.56 Å². The van der Waals surface area contributed by atoms with Gasteiger partial charge in [-0.2, -0.15) is 0 Å². The van der Waals surface area contributed by atoms with Crippen molar-refractivity contribution in [3.05, 3.63) is 27.2 Å². The summed E-state index contributed by atoms with van der Waals surface area (Å²) in [7, 11) is 3.24. The Labute approximate surface area is 170 Å². The van der Waals surface area contributed by atoms with Crippen molar-refractivity contribution in [3.8, 4) is 0 Å². The van der Waals surface area contributed by atoms with E-state index < -0.39 is 11.2 Å². The van der Waals surface area contributed by atoms with E-state index in [1.165, 1.54) is 17.3 Å². The number of likely N-dealkylation sites (tertiary alicyclic amines) is 1. The molecule has 2 aromatic rings. The number of carbonyl (C=O) groups is 1. The fraction of sp³-hybridized carbons (Fsp3) is 0.700. The van der Waals surface area contributed by atoms with Gasteiger partial charge < -0.3 is 14.8 Å². The Balaban J connectivity index is 1.51. The zero-order valence-corrected chi connectivity index (χ0v) is 17.8. The van der Waals surface area contributed by atoms with Crippen LogP contribution in [0.4, 0.5) is 0 Å². The molecule has 1 aliphatic heterocycles. The lowest BCUT2D eigenvalue weighted by molar-refractivity contribution is -0.121. The first-order chi connectivity index (χ1) is 13.8. The summed E-state index contributed by atoms with van der Waals surface area (Å²) in [4.78, 5) is 43.9. The van der Waals surface area contributed by atoms with E-state index in [1.54, 1.807) is 18.7 Å². The number of fused-ring (bicyclic) bond motifs is 1. The quantitative estimate of drug-likeness (QED) is 0.670. The van der Waals surface area contributed by atoms with Crippen molar-refractivity contribution in [3.63, 3.8) is 0 Å². The third-order valence-corrected chi connectivity index (χ3v) is 5.67. The first-order valence-corrected chi connectivity index (χ1v) is 10.4. The maximum absolute atomic E-state index is 12.6. The molecule has 2 aromatic heterocycles. The Kier molecular flexibility index (Phi) is 6.56. The van der Waals surface area contributed by atoms with Crippen LogP contribution in [-0.4, -0.2) is 55.7 Å². The number of unbranched alkanes of at least 4 members (excludes halogenated alkanes) is 1. The number of carbonyl (C=O) groups excluding carboxylic acids is 1. The van der Waals surface area contributed by atoms with Gasteiger partial charge in [-0.3, -0.25) is 14.2 Å². The molecular weight excluding hydrogens is 372 g/mol. The number of imidazole rings is 1. The molecule has 0 radical (unpaired) electrons.